The van der Waals surface area contributed by atoms with Gasteiger partial charge in [0, 0.05) is 12.2 Å². The van der Waals surface area contributed by atoms with Crippen LogP contribution in [0.4, 0.5) is 13.2 Å². The highest BCUT2D eigenvalue weighted by atomic mass is 19.4. The molecule has 1 atom stereocenters. The van der Waals surface area contributed by atoms with Crippen molar-refractivity contribution in [2.24, 2.45) is 5.92 Å². The summed E-state index contributed by atoms with van der Waals surface area (Å²) in [5.74, 6) is -0.0923. The summed E-state index contributed by atoms with van der Waals surface area (Å²) < 4.78 is 37.8. The van der Waals surface area contributed by atoms with Crippen molar-refractivity contribution in [2.45, 2.75) is 39.5 Å². The first-order valence-corrected chi connectivity index (χ1v) is 5.60. The molecule has 4 nitrogen and oxygen atoms in total. The summed E-state index contributed by atoms with van der Waals surface area (Å²) in [5, 5.41) is 6.00. The van der Waals surface area contributed by atoms with Crippen molar-refractivity contribution in [3.63, 3.8) is 0 Å². The standard InChI is InChI=1S/C11H16F3N3O/c1-7(2)8(3)15-10(18)6-17-5-4-9(16-17)11(12,13)14/h4-5,7-8H,6H2,1-3H3,(H,15,18)/t8-/m1/s1. The molecule has 1 N–H and O–H groups in total. The molecule has 18 heavy (non-hydrogen) atoms. The minimum atomic E-state index is -4.48. The molecule has 1 rings (SSSR count). The average molecular weight is 263 g/mol. The fourth-order valence-corrected chi connectivity index (χ4v) is 1.21. The minimum absolute atomic E-state index is 0.0323. The maximum atomic E-state index is 12.3. The van der Waals surface area contributed by atoms with Gasteiger partial charge in [-0.15, -0.1) is 0 Å². The van der Waals surface area contributed by atoms with E-state index >= 15 is 0 Å². The summed E-state index contributed by atoms with van der Waals surface area (Å²) in [6, 6.07) is 0.814. The normalized spacial score (nSPS) is 13.7. The van der Waals surface area contributed by atoms with E-state index in [1.54, 1.807) is 0 Å². The molecule has 1 amide bonds. The molecule has 0 radical (unpaired) electrons. The van der Waals surface area contributed by atoms with Crippen LogP contribution in [0.5, 0.6) is 0 Å². The van der Waals surface area contributed by atoms with Crippen molar-refractivity contribution < 1.29 is 18.0 Å². The summed E-state index contributed by atoms with van der Waals surface area (Å²) in [7, 11) is 0. The highest BCUT2D eigenvalue weighted by molar-refractivity contribution is 5.75. The number of rotatable bonds is 4. The number of nitrogens with one attached hydrogen (secondary N) is 1. The lowest BCUT2D eigenvalue weighted by Gasteiger charge is -2.17. The summed E-state index contributed by atoms with van der Waals surface area (Å²) in [5.41, 5.74) is -0.993. The Morgan fingerprint density at radius 2 is 2.06 bits per heavy atom. The highest BCUT2D eigenvalue weighted by Gasteiger charge is 2.33. The van der Waals surface area contributed by atoms with E-state index in [9.17, 15) is 18.0 Å². The summed E-state index contributed by atoms with van der Waals surface area (Å²) >= 11 is 0. The fraction of sp³-hybridized carbons (Fsp3) is 0.636. The molecule has 0 aliphatic carbocycles. The smallest absolute Gasteiger partial charge is 0.352 e. The van der Waals surface area contributed by atoms with Crippen LogP contribution in [-0.4, -0.2) is 21.7 Å². The van der Waals surface area contributed by atoms with E-state index in [0.717, 1.165) is 16.9 Å². The fourth-order valence-electron chi connectivity index (χ4n) is 1.21. The van der Waals surface area contributed by atoms with Gasteiger partial charge in [-0.1, -0.05) is 13.8 Å². The molecule has 1 heterocycles. The Bertz CT molecular complexity index is 412. The van der Waals surface area contributed by atoms with Crippen LogP contribution >= 0.6 is 0 Å². The molecule has 0 saturated carbocycles. The Morgan fingerprint density at radius 1 is 1.44 bits per heavy atom. The van der Waals surface area contributed by atoms with Crippen molar-refractivity contribution >= 4 is 5.91 Å². The van der Waals surface area contributed by atoms with Crippen molar-refractivity contribution in [2.75, 3.05) is 0 Å². The Kier molecular flexibility index (Phi) is 4.37. The lowest BCUT2D eigenvalue weighted by atomic mass is 10.1. The number of halogens is 3. The maximum absolute atomic E-state index is 12.3. The quantitative estimate of drug-likeness (QED) is 0.903. The second-order valence-electron chi connectivity index (χ2n) is 4.50. The van der Waals surface area contributed by atoms with Gasteiger partial charge in [-0.2, -0.15) is 18.3 Å². The van der Waals surface area contributed by atoms with E-state index in [-0.39, 0.29) is 24.4 Å². The molecule has 0 spiro atoms. The zero-order chi connectivity index (χ0) is 13.9. The Hall–Kier alpha value is -1.53. The van der Waals surface area contributed by atoms with Gasteiger partial charge in [0.15, 0.2) is 5.69 Å². The minimum Gasteiger partial charge on any atom is -0.352 e. The first-order valence-electron chi connectivity index (χ1n) is 5.60. The number of aromatic nitrogens is 2. The molecule has 102 valence electrons. The Labute approximate surface area is 103 Å². The highest BCUT2D eigenvalue weighted by Crippen LogP contribution is 2.27. The van der Waals surface area contributed by atoms with Gasteiger partial charge in [0.25, 0.3) is 0 Å². The van der Waals surface area contributed by atoms with Gasteiger partial charge in [0.2, 0.25) is 5.91 Å². The van der Waals surface area contributed by atoms with Gasteiger partial charge in [0.1, 0.15) is 6.54 Å². The van der Waals surface area contributed by atoms with Gasteiger partial charge in [0.05, 0.1) is 0 Å². The summed E-state index contributed by atoms with van der Waals surface area (Å²) in [6.07, 6.45) is -3.34. The number of amides is 1. The molecule has 1 aromatic rings. The molecular formula is C11H16F3N3O. The van der Waals surface area contributed by atoms with Crippen molar-refractivity contribution in [3.05, 3.63) is 18.0 Å². The first kappa shape index (κ1) is 14.5. The number of hydrogen-bond acceptors (Lipinski definition) is 2. The molecule has 0 aliphatic rings. The van der Waals surface area contributed by atoms with Crippen molar-refractivity contribution in [1.29, 1.82) is 0 Å². The van der Waals surface area contributed by atoms with Crippen LogP contribution in [0.1, 0.15) is 26.5 Å². The van der Waals surface area contributed by atoms with E-state index in [2.05, 4.69) is 10.4 Å². The molecule has 0 unspecified atom stereocenters. The van der Waals surface area contributed by atoms with Crippen LogP contribution in [0.3, 0.4) is 0 Å². The van der Waals surface area contributed by atoms with Gasteiger partial charge >= 0.3 is 6.18 Å². The van der Waals surface area contributed by atoms with Crippen LogP contribution in [0, 0.1) is 5.92 Å². The predicted octanol–water partition coefficient (Wildman–Crippen LogP) is 2.06. The third-order valence-electron chi connectivity index (χ3n) is 2.63. The molecule has 1 aromatic heterocycles. The molecule has 0 aromatic carbocycles. The Morgan fingerprint density at radius 3 is 2.50 bits per heavy atom. The second kappa shape index (κ2) is 5.41. The number of alkyl halides is 3. The number of carbonyl (C=O) groups is 1. The Balaban J connectivity index is 2.58. The van der Waals surface area contributed by atoms with Crippen molar-refractivity contribution in [3.8, 4) is 0 Å². The van der Waals surface area contributed by atoms with Gasteiger partial charge in [-0.05, 0) is 18.9 Å². The van der Waals surface area contributed by atoms with E-state index < -0.39 is 11.9 Å². The van der Waals surface area contributed by atoms with E-state index in [0.29, 0.717) is 0 Å². The molecule has 0 bridgehead atoms. The number of hydrogen-bond donors (Lipinski definition) is 1. The summed E-state index contributed by atoms with van der Waals surface area (Å²) in [6.45, 7) is 5.52. The number of nitrogens with zero attached hydrogens (tertiary/aromatic N) is 2. The van der Waals surface area contributed by atoms with Gasteiger partial charge in [-0.25, -0.2) is 0 Å². The monoisotopic (exact) mass is 263 g/mol. The van der Waals surface area contributed by atoms with E-state index in [1.807, 2.05) is 20.8 Å². The third kappa shape index (κ3) is 4.05. The van der Waals surface area contributed by atoms with Crippen LogP contribution in [0.25, 0.3) is 0 Å². The van der Waals surface area contributed by atoms with E-state index in [4.69, 9.17) is 0 Å². The third-order valence-corrected chi connectivity index (χ3v) is 2.63. The van der Waals surface area contributed by atoms with Crippen LogP contribution in [0.15, 0.2) is 12.3 Å². The topological polar surface area (TPSA) is 46.9 Å². The summed E-state index contributed by atoms with van der Waals surface area (Å²) in [4.78, 5) is 11.5. The largest absolute Gasteiger partial charge is 0.435 e. The first-order chi connectivity index (χ1) is 8.20. The van der Waals surface area contributed by atoms with Gasteiger partial charge in [-0.3, -0.25) is 9.48 Å². The molecule has 0 saturated heterocycles. The zero-order valence-corrected chi connectivity index (χ0v) is 10.5. The molecule has 0 aliphatic heterocycles. The SMILES string of the molecule is CC(C)[C@@H](C)NC(=O)Cn1ccc(C(F)(F)F)n1. The lowest BCUT2D eigenvalue weighted by molar-refractivity contribution is -0.141. The average Bonchev–Trinajstić information content (AvgIpc) is 2.64. The lowest BCUT2D eigenvalue weighted by Crippen LogP contribution is -2.38. The van der Waals surface area contributed by atoms with Crippen LogP contribution in [0.2, 0.25) is 0 Å². The molecule has 7 heteroatoms. The zero-order valence-electron chi connectivity index (χ0n) is 10.5. The van der Waals surface area contributed by atoms with Crippen molar-refractivity contribution in [1.82, 2.24) is 15.1 Å². The maximum Gasteiger partial charge on any atom is 0.435 e. The molecule has 0 fully saturated rings. The van der Waals surface area contributed by atoms with Crippen LogP contribution < -0.4 is 5.32 Å². The van der Waals surface area contributed by atoms with E-state index in [1.165, 1.54) is 0 Å². The second-order valence-corrected chi connectivity index (χ2v) is 4.50. The number of carbonyl (C=O) groups excluding carboxylic acids is 1. The van der Waals surface area contributed by atoms with Crippen LogP contribution in [-0.2, 0) is 17.5 Å². The molecular weight excluding hydrogens is 247 g/mol. The van der Waals surface area contributed by atoms with Gasteiger partial charge < -0.3 is 5.32 Å². The predicted molar refractivity (Wildman–Crippen MR) is 59.7 cm³/mol.